The third-order valence-corrected chi connectivity index (χ3v) is 3.67. The molecule has 1 amide bonds. The standard InChI is InChI=1S/C14H21NO4/c1-3-18-13(16)15-7-4-5-12(10-15)14(17)9-11(2)6-8-19-14/h3,5,11,17H,1,4,6-10H2,2H3. The van der Waals surface area contributed by atoms with Gasteiger partial charge in [0.15, 0.2) is 5.79 Å². The van der Waals surface area contributed by atoms with E-state index in [1.54, 1.807) is 4.90 Å². The molecule has 0 aromatic heterocycles. The molecule has 2 atom stereocenters. The Hall–Kier alpha value is -1.33. The molecule has 5 heteroatoms. The summed E-state index contributed by atoms with van der Waals surface area (Å²) in [6, 6.07) is 0. The van der Waals surface area contributed by atoms with E-state index in [2.05, 4.69) is 13.5 Å². The highest BCUT2D eigenvalue weighted by atomic mass is 16.6. The predicted octanol–water partition coefficient (Wildman–Crippen LogP) is 2.03. The van der Waals surface area contributed by atoms with Crippen molar-refractivity contribution < 1.29 is 19.4 Å². The van der Waals surface area contributed by atoms with Crippen LogP contribution in [0.5, 0.6) is 0 Å². The van der Waals surface area contributed by atoms with E-state index in [9.17, 15) is 9.90 Å². The van der Waals surface area contributed by atoms with Crippen molar-refractivity contribution >= 4 is 6.09 Å². The van der Waals surface area contributed by atoms with Gasteiger partial charge in [-0.1, -0.05) is 19.6 Å². The maximum atomic E-state index is 11.7. The van der Waals surface area contributed by atoms with E-state index in [1.807, 2.05) is 6.08 Å². The molecular weight excluding hydrogens is 246 g/mol. The molecule has 0 saturated carbocycles. The third-order valence-electron chi connectivity index (χ3n) is 3.67. The number of ether oxygens (including phenoxy) is 2. The second-order valence-corrected chi connectivity index (χ2v) is 5.22. The molecule has 0 aromatic carbocycles. The first-order valence-electron chi connectivity index (χ1n) is 6.67. The first kappa shape index (κ1) is 14.1. The largest absolute Gasteiger partial charge is 0.419 e. The van der Waals surface area contributed by atoms with Gasteiger partial charge in [-0.15, -0.1) is 0 Å². The van der Waals surface area contributed by atoms with Gasteiger partial charge in [-0.05, 0) is 18.8 Å². The Morgan fingerprint density at radius 1 is 1.74 bits per heavy atom. The maximum absolute atomic E-state index is 11.7. The van der Waals surface area contributed by atoms with Gasteiger partial charge in [-0.2, -0.15) is 0 Å². The molecule has 0 spiro atoms. The van der Waals surface area contributed by atoms with Gasteiger partial charge in [-0.3, -0.25) is 0 Å². The van der Waals surface area contributed by atoms with Crippen LogP contribution in [0.25, 0.3) is 0 Å². The van der Waals surface area contributed by atoms with E-state index in [1.165, 1.54) is 0 Å². The van der Waals surface area contributed by atoms with Gasteiger partial charge in [0.2, 0.25) is 0 Å². The van der Waals surface area contributed by atoms with Crippen molar-refractivity contribution in [1.29, 1.82) is 0 Å². The van der Waals surface area contributed by atoms with Crippen LogP contribution >= 0.6 is 0 Å². The molecule has 1 N–H and O–H groups in total. The van der Waals surface area contributed by atoms with Crippen LogP contribution in [-0.2, 0) is 9.47 Å². The molecule has 1 saturated heterocycles. The van der Waals surface area contributed by atoms with Crippen molar-refractivity contribution in [3.63, 3.8) is 0 Å². The molecule has 1 fully saturated rings. The average molecular weight is 267 g/mol. The van der Waals surface area contributed by atoms with Crippen molar-refractivity contribution in [2.45, 2.75) is 32.0 Å². The molecular formula is C14H21NO4. The van der Waals surface area contributed by atoms with E-state index >= 15 is 0 Å². The summed E-state index contributed by atoms with van der Waals surface area (Å²) in [5, 5.41) is 10.6. The summed E-state index contributed by atoms with van der Waals surface area (Å²) in [6.07, 6.45) is 4.88. The van der Waals surface area contributed by atoms with Gasteiger partial charge in [-0.25, -0.2) is 4.79 Å². The fourth-order valence-corrected chi connectivity index (χ4v) is 2.61. The quantitative estimate of drug-likeness (QED) is 0.614. The Morgan fingerprint density at radius 3 is 3.21 bits per heavy atom. The number of amides is 1. The molecule has 5 nitrogen and oxygen atoms in total. The fraction of sp³-hybridized carbons (Fsp3) is 0.643. The number of rotatable bonds is 2. The van der Waals surface area contributed by atoms with Crippen LogP contribution in [0.15, 0.2) is 24.5 Å². The van der Waals surface area contributed by atoms with Crippen LogP contribution in [0.2, 0.25) is 0 Å². The lowest BCUT2D eigenvalue weighted by Crippen LogP contribution is -2.47. The van der Waals surface area contributed by atoms with E-state index in [-0.39, 0.29) is 0 Å². The summed E-state index contributed by atoms with van der Waals surface area (Å²) < 4.78 is 10.3. The monoisotopic (exact) mass is 267 g/mol. The summed E-state index contributed by atoms with van der Waals surface area (Å²) >= 11 is 0. The van der Waals surface area contributed by atoms with Crippen LogP contribution in [0.1, 0.15) is 26.2 Å². The Labute approximate surface area is 113 Å². The molecule has 0 bridgehead atoms. The van der Waals surface area contributed by atoms with Crippen LogP contribution in [0.3, 0.4) is 0 Å². The van der Waals surface area contributed by atoms with Gasteiger partial charge in [0.1, 0.15) is 0 Å². The summed E-state index contributed by atoms with van der Waals surface area (Å²) in [6.45, 7) is 6.94. The van der Waals surface area contributed by atoms with Crippen molar-refractivity contribution in [1.82, 2.24) is 4.90 Å². The zero-order valence-electron chi connectivity index (χ0n) is 11.3. The molecule has 0 aromatic rings. The van der Waals surface area contributed by atoms with Gasteiger partial charge in [0.25, 0.3) is 0 Å². The van der Waals surface area contributed by atoms with Crippen molar-refractivity contribution in [3.05, 3.63) is 24.5 Å². The Balaban J connectivity index is 2.06. The Morgan fingerprint density at radius 2 is 2.53 bits per heavy atom. The highest BCUT2D eigenvalue weighted by Crippen LogP contribution is 2.34. The summed E-state index contributed by atoms with van der Waals surface area (Å²) in [5.41, 5.74) is 0.756. The van der Waals surface area contributed by atoms with E-state index in [0.29, 0.717) is 38.5 Å². The topological polar surface area (TPSA) is 59.0 Å². The van der Waals surface area contributed by atoms with E-state index in [4.69, 9.17) is 9.47 Å². The molecule has 0 aliphatic carbocycles. The summed E-state index contributed by atoms with van der Waals surface area (Å²) in [5.74, 6) is -0.819. The third kappa shape index (κ3) is 3.16. The van der Waals surface area contributed by atoms with Crippen LogP contribution in [0.4, 0.5) is 4.79 Å². The normalized spacial score (nSPS) is 31.6. The van der Waals surface area contributed by atoms with Crippen molar-refractivity contribution in [3.8, 4) is 0 Å². The summed E-state index contributed by atoms with van der Waals surface area (Å²) in [4.78, 5) is 13.2. The molecule has 106 valence electrons. The van der Waals surface area contributed by atoms with Gasteiger partial charge >= 0.3 is 6.09 Å². The van der Waals surface area contributed by atoms with Gasteiger partial charge in [0, 0.05) is 18.5 Å². The molecule has 0 radical (unpaired) electrons. The second-order valence-electron chi connectivity index (χ2n) is 5.22. The summed E-state index contributed by atoms with van der Waals surface area (Å²) in [7, 11) is 0. The highest BCUT2D eigenvalue weighted by molar-refractivity contribution is 5.69. The van der Waals surface area contributed by atoms with E-state index in [0.717, 1.165) is 18.3 Å². The van der Waals surface area contributed by atoms with Crippen LogP contribution in [0, 0.1) is 5.92 Å². The maximum Gasteiger partial charge on any atom is 0.414 e. The number of hydrogen-bond acceptors (Lipinski definition) is 4. The van der Waals surface area contributed by atoms with Crippen LogP contribution in [-0.4, -0.2) is 41.6 Å². The van der Waals surface area contributed by atoms with Gasteiger partial charge < -0.3 is 19.5 Å². The van der Waals surface area contributed by atoms with Crippen molar-refractivity contribution in [2.24, 2.45) is 5.92 Å². The SMILES string of the molecule is C=COC(=O)N1CCC=C(C2(O)CC(C)CCO2)C1. The fourth-order valence-electron chi connectivity index (χ4n) is 2.61. The molecule has 2 aliphatic rings. The smallest absolute Gasteiger partial charge is 0.414 e. The average Bonchev–Trinajstić information content (AvgIpc) is 2.39. The molecule has 19 heavy (non-hydrogen) atoms. The zero-order valence-corrected chi connectivity index (χ0v) is 11.3. The van der Waals surface area contributed by atoms with Crippen LogP contribution < -0.4 is 0 Å². The van der Waals surface area contributed by atoms with E-state index < -0.39 is 11.9 Å². The predicted molar refractivity (Wildman–Crippen MR) is 70.3 cm³/mol. The van der Waals surface area contributed by atoms with Crippen molar-refractivity contribution in [2.75, 3.05) is 19.7 Å². The molecule has 2 rings (SSSR count). The first-order chi connectivity index (χ1) is 9.05. The Kier molecular flexibility index (Phi) is 4.27. The molecule has 2 heterocycles. The highest BCUT2D eigenvalue weighted by Gasteiger charge is 2.39. The molecule has 2 aliphatic heterocycles. The zero-order chi connectivity index (χ0) is 13.9. The lowest BCUT2D eigenvalue weighted by molar-refractivity contribution is -0.210. The van der Waals surface area contributed by atoms with Gasteiger partial charge in [0.05, 0.1) is 19.4 Å². The number of hydrogen-bond donors (Lipinski definition) is 1. The lowest BCUT2D eigenvalue weighted by Gasteiger charge is -2.40. The lowest BCUT2D eigenvalue weighted by atomic mass is 9.88. The number of carbonyl (C=O) groups is 1. The molecule has 2 unspecified atom stereocenters. The minimum atomic E-state index is -1.23. The number of carbonyl (C=O) groups excluding carboxylic acids is 1. The second kappa shape index (κ2) is 5.75. The number of nitrogens with zero attached hydrogens (tertiary/aromatic N) is 1. The first-order valence-corrected chi connectivity index (χ1v) is 6.67. The Bertz CT molecular complexity index is 393. The minimum absolute atomic E-state index is 0.343. The number of aliphatic hydroxyl groups is 1. The minimum Gasteiger partial charge on any atom is -0.419 e.